The van der Waals surface area contributed by atoms with Crippen molar-refractivity contribution in [1.82, 2.24) is 15.2 Å². The van der Waals surface area contributed by atoms with Gasteiger partial charge in [0.15, 0.2) is 8.68 Å². The van der Waals surface area contributed by atoms with Crippen LogP contribution in [0.1, 0.15) is 10.4 Å². The van der Waals surface area contributed by atoms with Crippen LogP contribution in [0.3, 0.4) is 0 Å². The van der Waals surface area contributed by atoms with Gasteiger partial charge in [-0.3, -0.25) is 0 Å². The van der Waals surface area contributed by atoms with Gasteiger partial charge in [-0.1, -0.05) is 23.1 Å². The Morgan fingerprint density at radius 3 is 2.65 bits per heavy atom. The maximum atomic E-state index is 10.6. The number of hydrogen-bond donors (Lipinski definition) is 1. The summed E-state index contributed by atoms with van der Waals surface area (Å²) in [7, 11) is 0. The highest BCUT2D eigenvalue weighted by molar-refractivity contribution is 8.02. The van der Waals surface area contributed by atoms with Gasteiger partial charge in [0.2, 0.25) is 0 Å². The first-order valence-electron chi connectivity index (χ1n) is 4.43. The van der Waals surface area contributed by atoms with Crippen molar-refractivity contribution in [2.45, 2.75) is 13.7 Å². The second-order valence-electron chi connectivity index (χ2n) is 2.83. The normalized spacial score (nSPS) is 10.4. The molecule has 8 heteroatoms. The van der Waals surface area contributed by atoms with Crippen LogP contribution < -0.4 is 0 Å². The molecular formula is C9H7N3O2S3. The zero-order valence-electron chi connectivity index (χ0n) is 8.65. The van der Waals surface area contributed by atoms with Crippen LogP contribution in [-0.2, 0) is 0 Å². The van der Waals surface area contributed by atoms with E-state index >= 15 is 0 Å². The predicted octanol–water partition coefficient (Wildman–Crippen LogP) is 2.50. The third-order valence-corrected chi connectivity index (χ3v) is 4.64. The van der Waals surface area contributed by atoms with Crippen molar-refractivity contribution in [3.63, 3.8) is 0 Å². The molecule has 0 unspecified atom stereocenters. The Kier molecular flexibility index (Phi) is 3.97. The van der Waals surface area contributed by atoms with Crippen molar-refractivity contribution in [3.05, 3.63) is 23.9 Å². The smallest absolute Gasteiger partial charge is 0.337 e. The van der Waals surface area contributed by atoms with Gasteiger partial charge in [-0.25, -0.2) is 9.78 Å². The Morgan fingerprint density at radius 2 is 2.12 bits per heavy atom. The summed E-state index contributed by atoms with van der Waals surface area (Å²) in [6.07, 6.45) is 3.27. The van der Waals surface area contributed by atoms with Crippen LogP contribution in [0, 0.1) is 0 Å². The maximum absolute atomic E-state index is 10.6. The summed E-state index contributed by atoms with van der Waals surface area (Å²) in [5, 5.41) is 17.4. The Hall–Kier alpha value is -1.12. The van der Waals surface area contributed by atoms with Crippen LogP contribution in [-0.4, -0.2) is 32.5 Å². The van der Waals surface area contributed by atoms with Crippen molar-refractivity contribution in [1.29, 1.82) is 0 Å². The topological polar surface area (TPSA) is 76.0 Å². The molecule has 2 heterocycles. The molecule has 2 rings (SSSR count). The number of aromatic carboxylic acids is 1. The molecule has 0 bridgehead atoms. The fraction of sp³-hybridized carbons (Fsp3) is 0.111. The number of thioether (sulfide) groups is 1. The quantitative estimate of drug-likeness (QED) is 0.865. The molecule has 0 saturated heterocycles. The minimum atomic E-state index is -0.977. The van der Waals surface area contributed by atoms with E-state index < -0.39 is 5.97 Å². The zero-order chi connectivity index (χ0) is 12.3. The van der Waals surface area contributed by atoms with E-state index in [2.05, 4.69) is 15.2 Å². The van der Waals surface area contributed by atoms with E-state index in [9.17, 15) is 4.79 Å². The Bertz CT molecular complexity index is 527. The Morgan fingerprint density at radius 1 is 1.35 bits per heavy atom. The Balaban J connectivity index is 2.10. The molecule has 0 aromatic carbocycles. The van der Waals surface area contributed by atoms with Crippen LogP contribution in [0.25, 0.3) is 0 Å². The summed E-state index contributed by atoms with van der Waals surface area (Å²) in [5.41, 5.74) is 0.177. The van der Waals surface area contributed by atoms with Gasteiger partial charge in [-0.15, -0.1) is 10.2 Å². The van der Waals surface area contributed by atoms with Crippen molar-refractivity contribution in [2.75, 3.05) is 6.26 Å². The highest BCUT2D eigenvalue weighted by Gasteiger charge is 2.07. The van der Waals surface area contributed by atoms with Gasteiger partial charge in [-0.05, 0) is 30.2 Å². The first-order valence-corrected chi connectivity index (χ1v) is 7.29. The molecule has 0 aliphatic heterocycles. The van der Waals surface area contributed by atoms with Crippen molar-refractivity contribution < 1.29 is 9.90 Å². The van der Waals surface area contributed by atoms with Crippen LogP contribution in [0.2, 0.25) is 0 Å². The number of pyridine rings is 1. The van der Waals surface area contributed by atoms with Crippen LogP contribution in [0.15, 0.2) is 32.0 Å². The first-order chi connectivity index (χ1) is 8.19. The molecule has 0 amide bonds. The maximum Gasteiger partial charge on any atom is 0.337 e. The van der Waals surface area contributed by atoms with Gasteiger partial charge in [0.05, 0.1) is 5.56 Å². The van der Waals surface area contributed by atoms with Crippen molar-refractivity contribution in [2.24, 2.45) is 0 Å². The number of carboxylic acid groups (broad SMARTS) is 1. The number of hydrogen-bond acceptors (Lipinski definition) is 7. The molecular weight excluding hydrogens is 278 g/mol. The lowest BCUT2D eigenvalue weighted by Crippen LogP contribution is -1.96. The molecule has 0 aliphatic rings. The number of aromatic nitrogens is 3. The van der Waals surface area contributed by atoms with Gasteiger partial charge in [0.1, 0.15) is 5.03 Å². The van der Waals surface area contributed by atoms with E-state index in [1.165, 1.54) is 35.4 Å². The van der Waals surface area contributed by atoms with Gasteiger partial charge in [0.25, 0.3) is 0 Å². The van der Waals surface area contributed by atoms with Crippen LogP contribution >= 0.6 is 34.9 Å². The van der Waals surface area contributed by atoms with E-state index in [0.717, 1.165) is 8.68 Å². The highest BCUT2D eigenvalue weighted by atomic mass is 32.2. The molecule has 0 aliphatic carbocycles. The number of nitrogens with zero attached hydrogens (tertiary/aromatic N) is 3. The van der Waals surface area contributed by atoms with Crippen LogP contribution in [0.4, 0.5) is 0 Å². The summed E-state index contributed by atoms with van der Waals surface area (Å²) < 4.78 is 1.69. The fourth-order valence-corrected chi connectivity index (χ4v) is 3.30. The monoisotopic (exact) mass is 285 g/mol. The first kappa shape index (κ1) is 12.3. The SMILES string of the molecule is CSc1nnc(Sc2ccc(C(=O)O)cn2)s1. The van der Waals surface area contributed by atoms with E-state index in [1.54, 1.807) is 17.8 Å². The molecule has 0 atom stereocenters. The van der Waals surface area contributed by atoms with Gasteiger partial charge in [-0.2, -0.15) is 0 Å². The van der Waals surface area contributed by atoms with Gasteiger partial charge >= 0.3 is 5.97 Å². The number of carboxylic acids is 1. The molecule has 5 nitrogen and oxygen atoms in total. The highest BCUT2D eigenvalue weighted by Crippen LogP contribution is 2.31. The van der Waals surface area contributed by atoms with E-state index in [1.807, 2.05) is 6.26 Å². The lowest BCUT2D eigenvalue weighted by Gasteiger charge is -1.96. The molecule has 0 fully saturated rings. The molecule has 2 aromatic rings. The predicted molar refractivity (Wildman–Crippen MR) is 67.0 cm³/mol. The zero-order valence-corrected chi connectivity index (χ0v) is 11.1. The average molecular weight is 285 g/mol. The summed E-state index contributed by atoms with van der Waals surface area (Å²) in [6, 6.07) is 3.18. The molecule has 1 N–H and O–H groups in total. The minimum absolute atomic E-state index is 0.177. The second kappa shape index (κ2) is 5.48. The largest absolute Gasteiger partial charge is 0.478 e. The summed E-state index contributed by atoms with van der Waals surface area (Å²) in [4.78, 5) is 14.7. The fourth-order valence-electron chi connectivity index (χ4n) is 0.978. The van der Waals surface area contributed by atoms with E-state index in [-0.39, 0.29) is 5.56 Å². The lowest BCUT2D eigenvalue weighted by atomic mass is 10.3. The second-order valence-corrected chi connectivity index (χ2v) is 6.13. The Labute approximate surface area is 110 Å². The number of carbonyl (C=O) groups is 1. The third kappa shape index (κ3) is 3.18. The molecule has 2 aromatic heterocycles. The minimum Gasteiger partial charge on any atom is -0.478 e. The summed E-state index contributed by atoms with van der Waals surface area (Å²) >= 11 is 4.40. The van der Waals surface area contributed by atoms with Gasteiger partial charge < -0.3 is 5.11 Å². The van der Waals surface area contributed by atoms with E-state index in [0.29, 0.717) is 5.03 Å². The standard InChI is InChI=1S/C9H7N3O2S3/c1-15-8-11-12-9(17-8)16-6-3-2-5(4-10-6)7(13)14/h2-4H,1H3,(H,13,14). The summed E-state index contributed by atoms with van der Waals surface area (Å²) in [6.45, 7) is 0. The summed E-state index contributed by atoms with van der Waals surface area (Å²) in [5.74, 6) is -0.977. The third-order valence-electron chi connectivity index (χ3n) is 1.74. The van der Waals surface area contributed by atoms with Gasteiger partial charge in [0, 0.05) is 6.20 Å². The molecule has 0 saturated carbocycles. The van der Waals surface area contributed by atoms with E-state index in [4.69, 9.17) is 5.11 Å². The molecule has 0 spiro atoms. The van der Waals surface area contributed by atoms with Crippen molar-refractivity contribution >= 4 is 40.8 Å². The van der Waals surface area contributed by atoms with Crippen molar-refractivity contribution in [3.8, 4) is 0 Å². The average Bonchev–Trinajstić information content (AvgIpc) is 2.77. The molecule has 17 heavy (non-hydrogen) atoms. The molecule has 88 valence electrons. The van der Waals surface area contributed by atoms with Crippen LogP contribution in [0.5, 0.6) is 0 Å². The number of rotatable bonds is 4. The lowest BCUT2D eigenvalue weighted by molar-refractivity contribution is 0.0696. The molecule has 0 radical (unpaired) electrons.